The minimum Gasteiger partial charge on any atom is -0.313 e. The van der Waals surface area contributed by atoms with Crippen LogP contribution in [0.3, 0.4) is 0 Å². The Morgan fingerprint density at radius 3 is 2.80 bits per heavy atom. The van der Waals surface area contributed by atoms with Crippen LogP contribution in [0.2, 0.25) is 5.02 Å². The quantitative estimate of drug-likeness (QED) is 0.711. The zero-order valence-corrected chi connectivity index (χ0v) is 9.03. The third-order valence-corrected chi connectivity index (χ3v) is 2.82. The van der Waals surface area contributed by atoms with Gasteiger partial charge in [0.05, 0.1) is 16.4 Å². The van der Waals surface area contributed by atoms with Gasteiger partial charge in [0, 0.05) is 6.20 Å². The third kappa shape index (κ3) is 1.68. The zero-order chi connectivity index (χ0) is 10.8. The van der Waals surface area contributed by atoms with E-state index >= 15 is 0 Å². The maximum absolute atomic E-state index is 10.8. The summed E-state index contributed by atoms with van der Waals surface area (Å²) < 4.78 is 1.78. The van der Waals surface area contributed by atoms with Gasteiger partial charge in [-0.1, -0.05) is 23.7 Å². The number of aryl methyl sites for hydroxylation is 1. The summed E-state index contributed by atoms with van der Waals surface area (Å²) in [6, 6.07) is 9.33. The second kappa shape index (κ2) is 3.91. The maximum atomic E-state index is 10.8. The van der Waals surface area contributed by atoms with E-state index in [2.05, 4.69) is 0 Å². The average Bonchev–Trinajstić information content (AvgIpc) is 2.70. The van der Waals surface area contributed by atoms with Gasteiger partial charge in [0.15, 0.2) is 6.29 Å². The largest absolute Gasteiger partial charge is 0.313 e. The van der Waals surface area contributed by atoms with Crippen molar-refractivity contribution in [3.8, 4) is 5.69 Å². The fourth-order valence-electron chi connectivity index (χ4n) is 1.53. The molecule has 0 amide bonds. The number of hydrogen-bond donors (Lipinski definition) is 0. The Bertz CT molecular complexity index is 502. The first-order valence-corrected chi connectivity index (χ1v) is 5.00. The lowest BCUT2D eigenvalue weighted by Gasteiger charge is -2.09. The smallest absolute Gasteiger partial charge is 0.166 e. The lowest BCUT2D eigenvalue weighted by Crippen LogP contribution is -1.98. The van der Waals surface area contributed by atoms with Crippen LogP contribution < -0.4 is 0 Å². The van der Waals surface area contributed by atoms with Crippen LogP contribution in [0.15, 0.2) is 36.5 Å². The second-order valence-corrected chi connectivity index (χ2v) is 3.71. The number of aldehydes is 1. The Kier molecular flexibility index (Phi) is 2.60. The summed E-state index contributed by atoms with van der Waals surface area (Å²) in [6.07, 6.45) is 2.64. The topological polar surface area (TPSA) is 22.0 Å². The van der Waals surface area contributed by atoms with Gasteiger partial charge in [-0.3, -0.25) is 4.79 Å². The predicted octanol–water partition coefficient (Wildman–Crippen LogP) is 3.25. The van der Waals surface area contributed by atoms with Crippen molar-refractivity contribution >= 4 is 17.9 Å². The van der Waals surface area contributed by atoms with Gasteiger partial charge in [0.1, 0.15) is 0 Å². The van der Waals surface area contributed by atoms with E-state index in [0.717, 1.165) is 17.5 Å². The van der Waals surface area contributed by atoms with Crippen LogP contribution in [-0.2, 0) is 0 Å². The molecule has 0 radical (unpaired) electrons. The number of benzene rings is 1. The van der Waals surface area contributed by atoms with E-state index in [1.807, 2.05) is 37.4 Å². The van der Waals surface area contributed by atoms with Crippen molar-refractivity contribution in [3.05, 3.63) is 52.8 Å². The fourth-order valence-corrected chi connectivity index (χ4v) is 1.74. The highest BCUT2D eigenvalue weighted by Crippen LogP contribution is 2.24. The Hall–Kier alpha value is -1.54. The molecule has 0 saturated heterocycles. The Morgan fingerprint density at radius 2 is 2.07 bits per heavy atom. The van der Waals surface area contributed by atoms with Gasteiger partial charge in [0.2, 0.25) is 0 Å². The number of halogens is 1. The van der Waals surface area contributed by atoms with Gasteiger partial charge in [-0.15, -0.1) is 0 Å². The van der Waals surface area contributed by atoms with Crippen molar-refractivity contribution < 1.29 is 4.79 Å². The molecule has 0 fully saturated rings. The fraction of sp³-hybridized carbons (Fsp3) is 0.0833. The summed E-state index contributed by atoms with van der Waals surface area (Å²) in [6.45, 7) is 1.94. The SMILES string of the molecule is Cc1cccc(-n2cccc2C=O)c1Cl. The molecule has 2 nitrogen and oxygen atoms in total. The molecule has 0 bridgehead atoms. The minimum atomic E-state index is 0.600. The summed E-state index contributed by atoms with van der Waals surface area (Å²) in [7, 11) is 0. The molecule has 0 aliphatic rings. The van der Waals surface area contributed by atoms with E-state index in [-0.39, 0.29) is 0 Å². The first-order chi connectivity index (χ1) is 7.24. The molecular formula is C12H10ClNO. The normalized spacial score (nSPS) is 10.3. The van der Waals surface area contributed by atoms with E-state index < -0.39 is 0 Å². The Labute approximate surface area is 93.1 Å². The number of rotatable bonds is 2. The van der Waals surface area contributed by atoms with Crippen molar-refractivity contribution in [3.63, 3.8) is 0 Å². The van der Waals surface area contributed by atoms with Crippen molar-refractivity contribution in [2.75, 3.05) is 0 Å². The lowest BCUT2D eigenvalue weighted by molar-refractivity contribution is 0.111. The molecule has 0 N–H and O–H groups in total. The number of carbonyl (C=O) groups excluding carboxylic acids is 1. The highest BCUT2D eigenvalue weighted by atomic mass is 35.5. The molecular weight excluding hydrogens is 210 g/mol. The van der Waals surface area contributed by atoms with Gasteiger partial charge >= 0.3 is 0 Å². The lowest BCUT2D eigenvalue weighted by atomic mass is 10.2. The summed E-state index contributed by atoms with van der Waals surface area (Å²) >= 11 is 6.18. The highest BCUT2D eigenvalue weighted by molar-refractivity contribution is 6.33. The number of carbonyl (C=O) groups is 1. The van der Waals surface area contributed by atoms with Crippen LogP contribution in [0.1, 0.15) is 16.1 Å². The van der Waals surface area contributed by atoms with E-state index in [1.54, 1.807) is 10.6 Å². The average molecular weight is 220 g/mol. The van der Waals surface area contributed by atoms with Crippen molar-refractivity contribution in [1.82, 2.24) is 4.57 Å². The number of aromatic nitrogens is 1. The van der Waals surface area contributed by atoms with Crippen LogP contribution in [0.4, 0.5) is 0 Å². The summed E-state index contributed by atoms with van der Waals surface area (Å²) in [4.78, 5) is 10.8. The summed E-state index contributed by atoms with van der Waals surface area (Å²) in [5.74, 6) is 0. The molecule has 0 unspecified atom stereocenters. The molecule has 0 spiro atoms. The summed E-state index contributed by atoms with van der Waals surface area (Å²) in [5, 5.41) is 0.678. The van der Waals surface area contributed by atoms with E-state index in [1.165, 1.54) is 0 Å². The predicted molar refractivity (Wildman–Crippen MR) is 60.9 cm³/mol. The van der Waals surface area contributed by atoms with Crippen molar-refractivity contribution in [2.24, 2.45) is 0 Å². The van der Waals surface area contributed by atoms with Gasteiger partial charge in [0.25, 0.3) is 0 Å². The van der Waals surface area contributed by atoms with Gasteiger partial charge < -0.3 is 4.57 Å². The van der Waals surface area contributed by atoms with Crippen LogP contribution >= 0.6 is 11.6 Å². The molecule has 0 aliphatic carbocycles. The minimum absolute atomic E-state index is 0.600. The van der Waals surface area contributed by atoms with Gasteiger partial charge in [-0.2, -0.15) is 0 Å². The molecule has 2 aromatic rings. The molecule has 1 aromatic carbocycles. The van der Waals surface area contributed by atoms with Gasteiger partial charge in [-0.25, -0.2) is 0 Å². The summed E-state index contributed by atoms with van der Waals surface area (Å²) in [5.41, 5.74) is 2.44. The number of nitrogens with zero attached hydrogens (tertiary/aromatic N) is 1. The maximum Gasteiger partial charge on any atom is 0.166 e. The van der Waals surface area contributed by atoms with E-state index in [4.69, 9.17) is 11.6 Å². The molecule has 0 saturated carbocycles. The standard InChI is InChI=1S/C12H10ClNO/c1-9-4-2-6-11(12(9)13)14-7-3-5-10(14)8-15/h2-8H,1H3. The zero-order valence-electron chi connectivity index (χ0n) is 8.27. The molecule has 76 valence electrons. The van der Waals surface area contributed by atoms with Crippen LogP contribution in [0.25, 0.3) is 5.69 Å². The second-order valence-electron chi connectivity index (χ2n) is 3.33. The molecule has 3 heteroatoms. The highest BCUT2D eigenvalue weighted by Gasteiger charge is 2.07. The molecule has 2 rings (SSSR count). The molecule has 0 atom stereocenters. The van der Waals surface area contributed by atoms with Gasteiger partial charge in [-0.05, 0) is 30.7 Å². The van der Waals surface area contributed by atoms with E-state index in [0.29, 0.717) is 10.7 Å². The first kappa shape index (κ1) is 9.99. The Morgan fingerprint density at radius 1 is 1.27 bits per heavy atom. The molecule has 1 aromatic heterocycles. The Balaban J connectivity index is 2.64. The van der Waals surface area contributed by atoms with Crippen molar-refractivity contribution in [1.29, 1.82) is 0 Å². The molecule has 1 heterocycles. The van der Waals surface area contributed by atoms with Crippen LogP contribution in [0.5, 0.6) is 0 Å². The first-order valence-electron chi connectivity index (χ1n) is 4.62. The monoisotopic (exact) mass is 219 g/mol. The third-order valence-electron chi connectivity index (χ3n) is 2.33. The molecule has 15 heavy (non-hydrogen) atoms. The van der Waals surface area contributed by atoms with Crippen molar-refractivity contribution in [2.45, 2.75) is 6.92 Å². The van der Waals surface area contributed by atoms with E-state index in [9.17, 15) is 4.79 Å². The number of hydrogen-bond acceptors (Lipinski definition) is 1. The van der Waals surface area contributed by atoms with Crippen LogP contribution in [-0.4, -0.2) is 10.9 Å². The molecule has 0 aliphatic heterocycles. The van der Waals surface area contributed by atoms with Crippen LogP contribution in [0, 0.1) is 6.92 Å².